The Morgan fingerprint density at radius 2 is 1.62 bits per heavy atom. The highest BCUT2D eigenvalue weighted by Crippen LogP contribution is 2.31. The van der Waals surface area contributed by atoms with Gasteiger partial charge in [-0.2, -0.15) is 9.78 Å². The van der Waals surface area contributed by atoms with Crippen LogP contribution in [0.3, 0.4) is 0 Å². The Labute approximate surface area is 151 Å². The molecule has 2 aromatic carbocycles. The Morgan fingerprint density at radius 1 is 1.04 bits per heavy atom. The standard InChI is InChI=1S/C18H17N3O4S/c1-12-3-5-13(6-4-12)16-11-21(18(22)25-2)20-17(16)14-7-9-15(10-8-14)26(19,23)24/h3-11H,1-2H3,(H2,19,23,24). The molecule has 2 N–H and O–H groups in total. The van der Waals surface area contributed by atoms with Crippen molar-refractivity contribution in [1.29, 1.82) is 0 Å². The lowest BCUT2D eigenvalue weighted by atomic mass is 10.0. The molecule has 0 saturated carbocycles. The number of sulfonamides is 1. The largest absolute Gasteiger partial charge is 0.451 e. The first-order valence-corrected chi connectivity index (χ1v) is 9.22. The monoisotopic (exact) mass is 371 g/mol. The van der Waals surface area contributed by atoms with Crippen LogP contribution >= 0.6 is 0 Å². The van der Waals surface area contributed by atoms with Crippen molar-refractivity contribution in [2.24, 2.45) is 5.14 Å². The van der Waals surface area contributed by atoms with E-state index in [0.29, 0.717) is 11.3 Å². The van der Waals surface area contributed by atoms with Crippen molar-refractivity contribution < 1.29 is 17.9 Å². The summed E-state index contributed by atoms with van der Waals surface area (Å²) in [4.78, 5) is 11.9. The summed E-state index contributed by atoms with van der Waals surface area (Å²) >= 11 is 0. The number of benzene rings is 2. The summed E-state index contributed by atoms with van der Waals surface area (Å²) in [5.41, 5.74) is 3.87. The molecule has 3 rings (SSSR count). The van der Waals surface area contributed by atoms with Crippen LogP contribution < -0.4 is 5.14 Å². The zero-order valence-electron chi connectivity index (χ0n) is 14.2. The molecule has 0 fully saturated rings. The first kappa shape index (κ1) is 17.8. The molecule has 0 spiro atoms. The van der Waals surface area contributed by atoms with Crippen molar-refractivity contribution in [2.75, 3.05) is 7.11 Å². The summed E-state index contributed by atoms with van der Waals surface area (Å²) in [6.07, 6.45) is 0.963. The van der Waals surface area contributed by atoms with Gasteiger partial charge in [-0.25, -0.2) is 18.4 Å². The molecule has 0 atom stereocenters. The minimum absolute atomic E-state index is 0.00513. The predicted molar refractivity (Wildman–Crippen MR) is 97.0 cm³/mol. The average molecular weight is 371 g/mol. The molecule has 3 aromatic rings. The maximum Gasteiger partial charge on any atom is 0.434 e. The normalized spacial score (nSPS) is 11.3. The van der Waals surface area contributed by atoms with Crippen molar-refractivity contribution in [3.63, 3.8) is 0 Å². The molecule has 0 bridgehead atoms. The van der Waals surface area contributed by atoms with E-state index in [0.717, 1.165) is 21.4 Å². The molecule has 134 valence electrons. The average Bonchev–Trinajstić information content (AvgIpc) is 3.06. The fraction of sp³-hybridized carbons (Fsp3) is 0.111. The van der Waals surface area contributed by atoms with Crippen LogP contribution in [0.25, 0.3) is 22.4 Å². The van der Waals surface area contributed by atoms with Gasteiger partial charge in [0.2, 0.25) is 10.0 Å². The topological polar surface area (TPSA) is 104 Å². The van der Waals surface area contributed by atoms with Crippen molar-refractivity contribution in [3.05, 3.63) is 60.3 Å². The van der Waals surface area contributed by atoms with Crippen molar-refractivity contribution in [3.8, 4) is 22.4 Å². The van der Waals surface area contributed by atoms with Crippen LogP contribution in [0, 0.1) is 6.92 Å². The highest BCUT2D eigenvalue weighted by molar-refractivity contribution is 7.89. The predicted octanol–water partition coefficient (Wildman–Crippen LogP) is 2.79. The number of nitrogens with two attached hydrogens (primary N) is 1. The number of methoxy groups -OCH3 is 1. The quantitative estimate of drug-likeness (QED) is 0.762. The number of nitrogens with zero attached hydrogens (tertiary/aromatic N) is 2. The number of primary sulfonamides is 1. The third-order valence-electron chi connectivity index (χ3n) is 3.89. The molecular formula is C18H17N3O4S. The summed E-state index contributed by atoms with van der Waals surface area (Å²) in [5, 5.41) is 9.44. The van der Waals surface area contributed by atoms with Crippen molar-refractivity contribution in [1.82, 2.24) is 9.78 Å². The van der Waals surface area contributed by atoms with Gasteiger partial charge in [0.1, 0.15) is 5.69 Å². The first-order chi connectivity index (χ1) is 12.3. The number of rotatable bonds is 3. The minimum atomic E-state index is -3.78. The van der Waals surface area contributed by atoms with Gasteiger partial charge in [-0.15, -0.1) is 0 Å². The highest BCUT2D eigenvalue weighted by atomic mass is 32.2. The minimum Gasteiger partial charge on any atom is -0.451 e. The number of carbonyl (C=O) groups excluding carboxylic acids is 1. The van der Waals surface area contributed by atoms with E-state index in [2.05, 4.69) is 5.10 Å². The summed E-state index contributed by atoms with van der Waals surface area (Å²) in [7, 11) is -2.51. The van der Waals surface area contributed by atoms with E-state index in [1.165, 1.54) is 19.2 Å². The number of hydrogen-bond donors (Lipinski definition) is 1. The van der Waals surface area contributed by atoms with Crippen molar-refractivity contribution >= 4 is 16.1 Å². The second-order valence-electron chi connectivity index (χ2n) is 5.74. The third kappa shape index (κ3) is 3.51. The molecule has 8 heteroatoms. The molecule has 0 radical (unpaired) electrons. The van der Waals surface area contributed by atoms with E-state index in [4.69, 9.17) is 9.88 Å². The van der Waals surface area contributed by atoms with Gasteiger partial charge in [-0.3, -0.25) is 0 Å². The summed E-state index contributed by atoms with van der Waals surface area (Å²) in [6.45, 7) is 1.98. The van der Waals surface area contributed by atoms with Crippen molar-refractivity contribution in [2.45, 2.75) is 11.8 Å². The van der Waals surface area contributed by atoms with E-state index in [-0.39, 0.29) is 4.90 Å². The molecule has 1 aromatic heterocycles. The molecular weight excluding hydrogens is 354 g/mol. The molecule has 7 nitrogen and oxygen atoms in total. The van der Waals surface area contributed by atoms with E-state index < -0.39 is 16.1 Å². The SMILES string of the molecule is COC(=O)n1cc(-c2ccc(C)cc2)c(-c2ccc(S(N)(=O)=O)cc2)n1. The molecule has 0 unspecified atom stereocenters. The number of carbonyl (C=O) groups is 1. The molecule has 0 aliphatic carbocycles. The fourth-order valence-electron chi connectivity index (χ4n) is 2.52. The van der Waals surface area contributed by atoms with E-state index >= 15 is 0 Å². The Morgan fingerprint density at radius 3 is 2.15 bits per heavy atom. The summed E-state index contributed by atoms with van der Waals surface area (Å²) in [6, 6.07) is 13.8. The van der Waals surface area contributed by atoms with E-state index in [1.54, 1.807) is 18.3 Å². The van der Waals surface area contributed by atoms with Gasteiger partial charge in [0.05, 0.1) is 12.0 Å². The lowest BCUT2D eigenvalue weighted by Gasteiger charge is -2.04. The number of ether oxygens (including phenoxy) is 1. The van der Waals surface area contributed by atoms with Gasteiger partial charge in [0.25, 0.3) is 0 Å². The Bertz CT molecular complexity index is 1050. The smallest absolute Gasteiger partial charge is 0.434 e. The van der Waals surface area contributed by atoms with Crippen LogP contribution in [0.2, 0.25) is 0 Å². The molecule has 1 heterocycles. The second-order valence-corrected chi connectivity index (χ2v) is 7.30. The van der Waals surface area contributed by atoms with Gasteiger partial charge in [0, 0.05) is 17.3 Å². The number of hydrogen-bond acceptors (Lipinski definition) is 5. The Kier molecular flexibility index (Phi) is 4.62. The van der Waals surface area contributed by atoms with Crippen LogP contribution in [-0.4, -0.2) is 31.4 Å². The molecule has 26 heavy (non-hydrogen) atoms. The zero-order chi connectivity index (χ0) is 18.9. The maximum atomic E-state index is 11.9. The van der Waals surface area contributed by atoms with Crippen LogP contribution in [0.15, 0.2) is 59.6 Å². The third-order valence-corrected chi connectivity index (χ3v) is 4.82. The fourth-order valence-corrected chi connectivity index (χ4v) is 3.04. The van der Waals surface area contributed by atoms with E-state index in [1.807, 2.05) is 31.2 Å². The second kappa shape index (κ2) is 6.74. The van der Waals surface area contributed by atoms with Gasteiger partial charge >= 0.3 is 6.09 Å². The number of aryl methyl sites for hydroxylation is 1. The first-order valence-electron chi connectivity index (χ1n) is 7.68. The summed E-state index contributed by atoms with van der Waals surface area (Å²) in [5.74, 6) is 0. The molecule has 0 aliphatic heterocycles. The van der Waals surface area contributed by atoms with Gasteiger partial charge in [-0.1, -0.05) is 42.0 Å². The molecule has 0 aliphatic rings. The summed E-state index contributed by atoms with van der Waals surface area (Å²) < 4.78 is 28.7. The lowest BCUT2D eigenvalue weighted by molar-refractivity contribution is 0.169. The van der Waals surface area contributed by atoms with Gasteiger partial charge < -0.3 is 4.74 Å². The van der Waals surface area contributed by atoms with Crippen LogP contribution in [0.1, 0.15) is 5.56 Å². The zero-order valence-corrected chi connectivity index (χ0v) is 15.0. The lowest BCUT2D eigenvalue weighted by Crippen LogP contribution is -2.12. The van der Waals surface area contributed by atoms with Gasteiger partial charge in [0.15, 0.2) is 0 Å². The van der Waals surface area contributed by atoms with Crippen LogP contribution in [-0.2, 0) is 14.8 Å². The van der Waals surface area contributed by atoms with Gasteiger partial charge in [-0.05, 0) is 24.6 Å². The maximum absolute atomic E-state index is 11.9. The number of aromatic nitrogens is 2. The van der Waals surface area contributed by atoms with Crippen LogP contribution in [0.4, 0.5) is 4.79 Å². The molecule has 0 saturated heterocycles. The Balaban J connectivity index is 2.14. The Hall–Kier alpha value is -2.97. The highest BCUT2D eigenvalue weighted by Gasteiger charge is 2.17. The molecule has 0 amide bonds. The van der Waals surface area contributed by atoms with E-state index in [9.17, 15) is 13.2 Å². The van der Waals surface area contributed by atoms with Crippen LogP contribution in [0.5, 0.6) is 0 Å².